The average molecular weight is 274 g/mol. The van der Waals surface area contributed by atoms with Gasteiger partial charge in [-0.25, -0.2) is 0 Å². The van der Waals surface area contributed by atoms with Gasteiger partial charge in [0.15, 0.2) is 5.82 Å². The summed E-state index contributed by atoms with van der Waals surface area (Å²) in [4.78, 5) is 4.75. The van der Waals surface area contributed by atoms with Crippen LogP contribution in [-0.2, 0) is 0 Å². The Bertz CT molecular complexity index is 502. The summed E-state index contributed by atoms with van der Waals surface area (Å²) < 4.78 is 0. The van der Waals surface area contributed by atoms with Crippen molar-refractivity contribution in [3.05, 3.63) is 17.8 Å². The number of hydrogen-bond acceptors (Lipinski definition) is 5. The molecule has 2 atom stereocenters. The van der Waals surface area contributed by atoms with Gasteiger partial charge in [-0.15, -0.1) is 5.10 Å². The van der Waals surface area contributed by atoms with Crippen LogP contribution in [0.2, 0.25) is 0 Å². The summed E-state index contributed by atoms with van der Waals surface area (Å²) in [7, 11) is 2.23. The van der Waals surface area contributed by atoms with Crippen LogP contribution in [0.25, 0.3) is 0 Å². The quantitative estimate of drug-likeness (QED) is 0.612. The van der Waals surface area contributed by atoms with Gasteiger partial charge in [0.25, 0.3) is 0 Å². The van der Waals surface area contributed by atoms with Gasteiger partial charge in [0, 0.05) is 19.1 Å². The van der Waals surface area contributed by atoms with Gasteiger partial charge in [-0.05, 0) is 44.8 Å². The summed E-state index contributed by atoms with van der Waals surface area (Å²) in [6.45, 7) is 3.17. The fraction of sp³-hybridized carbons (Fsp3) is 0.643. The van der Waals surface area contributed by atoms with Crippen molar-refractivity contribution in [1.82, 2.24) is 15.1 Å². The second-order valence-corrected chi connectivity index (χ2v) is 5.87. The minimum Gasteiger partial charge on any atom is -0.384 e. The van der Waals surface area contributed by atoms with Crippen molar-refractivity contribution in [3.63, 3.8) is 0 Å². The third-order valence-electron chi connectivity index (χ3n) is 4.64. The summed E-state index contributed by atoms with van der Waals surface area (Å²) in [5.74, 6) is 1.52. The lowest BCUT2D eigenvalue weighted by molar-refractivity contribution is 0.102. The maximum atomic E-state index is 7.68. The summed E-state index contributed by atoms with van der Waals surface area (Å²) >= 11 is 0. The van der Waals surface area contributed by atoms with E-state index in [-0.39, 0.29) is 5.84 Å². The molecular weight excluding hydrogens is 252 g/mol. The molecule has 2 aliphatic rings. The molecule has 6 nitrogen and oxygen atoms in total. The van der Waals surface area contributed by atoms with Gasteiger partial charge in [0.05, 0.1) is 11.8 Å². The van der Waals surface area contributed by atoms with Crippen LogP contribution in [0.5, 0.6) is 0 Å². The predicted molar refractivity (Wildman–Crippen MR) is 79.0 cm³/mol. The molecule has 2 fully saturated rings. The molecule has 2 aliphatic heterocycles. The molecule has 1 aromatic rings. The Kier molecular flexibility index (Phi) is 3.56. The zero-order valence-corrected chi connectivity index (χ0v) is 11.9. The molecule has 3 N–H and O–H groups in total. The second kappa shape index (κ2) is 5.36. The first-order chi connectivity index (χ1) is 9.66. The molecule has 0 spiro atoms. The number of rotatable bonds is 2. The van der Waals surface area contributed by atoms with Crippen LogP contribution in [0.1, 0.15) is 24.8 Å². The predicted octanol–water partition coefficient (Wildman–Crippen LogP) is 0.681. The fourth-order valence-corrected chi connectivity index (χ4v) is 3.61. The summed E-state index contributed by atoms with van der Waals surface area (Å²) in [6.07, 6.45) is 5.29. The van der Waals surface area contributed by atoms with Crippen LogP contribution in [0.4, 0.5) is 5.82 Å². The van der Waals surface area contributed by atoms with Crippen molar-refractivity contribution in [2.45, 2.75) is 25.3 Å². The van der Waals surface area contributed by atoms with Crippen molar-refractivity contribution in [2.24, 2.45) is 11.7 Å². The maximum Gasteiger partial charge on any atom is 0.162 e. The molecule has 0 aliphatic carbocycles. The van der Waals surface area contributed by atoms with Crippen LogP contribution >= 0.6 is 0 Å². The zero-order chi connectivity index (χ0) is 14.1. The molecule has 0 radical (unpaired) electrons. The van der Waals surface area contributed by atoms with Crippen molar-refractivity contribution in [1.29, 1.82) is 5.41 Å². The molecule has 1 aromatic heterocycles. The number of nitrogens with one attached hydrogen (secondary N) is 1. The molecule has 2 unspecified atom stereocenters. The first-order valence-electron chi connectivity index (χ1n) is 7.28. The minimum atomic E-state index is 0.0674. The van der Waals surface area contributed by atoms with Crippen molar-refractivity contribution < 1.29 is 0 Å². The van der Waals surface area contributed by atoms with E-state index >= 15 is 0 Å². The summed E-state index contributed by atoms with van der Waals surface area (Å²) in [5.41, 5.74) is 6.35. The number of likely N-dealkylation sites (tertiary alicyclic amines) is 1. The third kappa shape index (κ3) is 2.35. The van der Waals surface area contributed by atoms with E-state index in [0.29, 0.717) is 17.5 Å². The number of nitrogen functional groups attached to an aromatic ring is 1. The van der Waals surface area contributed by atoms with Crippen molar-refractivity contribution in [2.75, 3.05) is 31.6 Å². The summed E-state index contributed by atoms with van der Waals surface area (Å²) in [5, 5.41) is 15.9. The largest absolute Gasteiger partial charge is 0.384 e. The highest BCUT2D eigenvalue weighted by Gasteiger charge is 2.35. The molecule has 0 aromatic carbocycles. The molecule has 0 bridgehead atoms. The maximum absolute atomic E-state index is 7.68. The number of piperidine rings is 2. The highest BCUT2D eigenvalue weighted by Crippen LogP contribution is 2.32. The van der Waals surface area contributed by atoms with Crippen LogP contribution in [0.15, 0.2) is 12.3 Å². The monoisotopic (exact) mass is 274 g/mol. The van der Waals surface area contributed by atoms with Gasteiger partial charge in [-0.3, -0.25) is 5.41 Å². The SMILES string of the molecule is CN1CCCC2CN(c3nnccc3C(=N)N)CCC21. The topological polar surface area (TPSA) is 82.1 Å². The standard InChI is InChI=1S/C14H22N6/c1-19-7-2-3-10-9-20(8-5-12(10)19)14-11(13(15)16)4-6-17-18-14/h4,6,10,12H,2-3,5,7-9H2,1H3,(H3,15,16). The van der Waals surface area contributed by atoms with E-state index in [1.54, 1.807) is 12.3 Å². The minimum absolute atomic E-state index is 0.0674. The summed E-state index contributed by atoms with van der Waals surface area (Å²) in [6, 6.07) is 2.47. The Hall–Kier alpha value is -1.69. The smallest absolute Gasteiger partial charge is 0.162 e. The Labute approximate surface area is 119 Å². The van der Waals surface area contributed by atoms with Gasteiger partial charge in [0.2, 0.25) is 0 Å². The van der Waals surface area contributed by atoms with E-state index in [1.807, 2.05) is 0 Å². The molecular formula is C14H22N6. The number of aromatic nitrogens is 2. The lowest BCUT2D eigenvalue weighted by Gasteiger charge is -2.46. The van der Waals surface area contributed by atoms with Crippen molar-refractivity contribution >= 4 is 11.7 Å². The Balaban J connectivity index is 1.81. The molecule has 3 rings (SSSR count). The van der Waals surface area contributed by atoms with E-state index in [1.165, 1.54) is 19.4 Å². The van der Waals surface area contributed by atoms with E-state index in [2.05, 4.69) is 27.0 Å². The molecule has 2 saturated heterocycles. The van der Waals surface area contributed by atoms with Crippen LogP contribution in [-0.4, -0.2) is 53.7 Å². The fourth-order valence-electron chi connectivity index (χ4n) is 3.61. The number of nitrogens with two attached hydrogens (primary N) is 1. The van der Waals surface area contributed by atoms with Gasteiger partial charge < -0.3 is 15.5 Å². The van der Waals surface area contributed by atoms with Crippen LogP contribution in [0.3, 0.4) is 0 Å². The van der Waals surface area contributed by atoms with E-state index < -0.39 is 0 Å². The third-order valence-corrected chi connectivity index (χ3v) is 4.64. The van der Waals surface area contributed by atoms with E-state index in [4.69, 9.17) is 11.1 Å². The lowest BCUT2D eigenvalue weighted by atomic mass is 9.84. The second-order valence-electron chi connectivity index (χ2n) is 5.87. The molecule has 108 valence electrons. The van der Waals surface area contributed by atoms with E-state index in [0.717, 1.165) is 25.3 Å². The van der Waals surface area contributed by atoms with Crippen molar-refractivity contribution in [3.8, 4) is 0 Å². The Morgan fingerprint density at radius 1 is 1.40 bits per heavy atom. The van der Waals surface area contributed by atoms with Gasteiger partial charge >= 0.3 is 0 Å². The molecule has 0 amide bonds. The highest BCUT2D eigenvalue weighted by molar-refractivity contribution is 5.99. The van der Waals surface area contributed by atoms with Crippen LogP contribution in [0, 0.1) is 11.3 Å². The molecule has 0 saturated carbocycles. The number of amidine groups is 1. The molecule has 3 heterocycles. The Morgan fingerprint density at radius 2 is 2.25 bits per heavy atom. The first kappa shape index (κ1) is 13.3. The molecule has 6 heteroatoms. The van der Waals surface area contributed by atoms with E-state index in [9.17, 15) is 0 Å². The van der Waals surface area contributed by atoms with Gasteiger partial charge in [-0.1, -0.05) is 0 Å². The normalized spacial score (nSPS) is 27.1. The number of hydrogen-bond donors (Lipinski definition) is 2. The number of nitrogens with zero attached hydrogens (tertiary/aromatic N) is 4. The highest BCUT2D eigenvalue weighted by atomic mass is 15.3. The number of fused-ring (bicyclic) bond motifs is 1. The average Bonchev–Trinajstić information content (AvgIpc) is 2.47. The first-order valence-corrected chi connectivity index (χ1v) is 7.28. The Morgan fingerprint density at radius 3 is 3.05 bits per heavy atom. The zero-order valence-electron chi connectivity index (χ0n) is 11.9. The number of anilines is 1. The van der Waals surface area contributed by atoms with Gasteiger partial charge in [-0.2, -0.15) is 5.10 Å². The van der Waals surface area contributed by atoms with Crippen LogP contribution < -0.4 is 10.6 Å². The lowest BCUT2D eigenvalue weighted by Crippen LogP contribution is -2.53. The van der Waals surface area contributed by atoms with Gasteiger partial charge in [0.1, 0.15) is 5.84 Å². The molecule has 20 heavy (non-hydrogen) atoms.